The van der Waals surface area contributed by atoms with E-state index in [1.807, 2.05) is 19.9 Å². The molecule has 3 aliphatic rings. The van der Waals surface area contributed by atoms with Crippen molar-refractivity contribution in [2.45, 2.75) is 51.7 Å². The van der Waals surface area contributed by atoms with E-state index in [1.165, 1.54) is 24.8 Å². The summed E-state index contributed by atoms with van der Waals surface area (Å²) in [5.74, 6) is 1.21. The third-order valence-electron chi connectivity index (χ3n) is 6.55. The Bertz CT molecular complexity index is 887. The van der Waals surface area contributed by atoms with E-state index in [1.54, 1.807) is 0 Å². The first-order valence-electron chi connectivity index (χ1n) is 9.89. The van der Waals surface area contributed by atoms with Gasteiger partial charge in [0.25, 0.3) is 0 Å². The molecular weight excluding hydrogens is 328 g/mol. The molecule has 5 rings (SSSR count). The number of carbonyl (C=O) groups is 1. The minimum absolute atomic E-state index is 0.117. The number of rotatable bonds is 2. The Balaban J connectivity index is 1.67. The first-order valence-corrected chi connectivity index (χ1v) is 9.89. The van der Waals surface area contributed by atoms with E-state index < -0.39 is 0 Å². The number of esters is 1. The van der Waals surface area contributed by atoms with Crippen LogP contribution in [0.3, 0.4) is 0 Å². The number of hydrogen-bond acceptors (Lipinski definition) is 4. The zero-order valence-electron chi connectivity index (χ0n) is 15.6. The summed E-state index contributed by atoms with van der Waals surface area (Å²) in [5.41, 5.74) is 3.62. The highest BCUT2D eigenvalue weighted by atomic mass is 16.5. The van der Waals surface area contributed by atoms with Crippen LogP contribution in [0.4, 0.5) is 0 Å². The highest BCUT2D eigenvalue weighted by Crippen LogP contribution is 2.50. The van der Waals surface area contributed by atoms with Crippen LogP contribution in [0, 0.1) is 12.8 Å². The average molecular weight is 354 g/mol. The highest BCUT2D eigenvalue weighted by molar-refractivity contribution is 6.07. The van der Waals surface area contributed by atoms with Gasteiger partial charge in [0.1, 0.15) is 5.75 Å². The van der Waals surface area contributed by atoms with Gasteiger partial charge in [-0.3, -0.25) is 4.90 Å². The summed E-state index contributed by atoms with van der Waals surface area (Å²) in [6.07, 6.45) is 5.74. The molecule has 2 atom stereocenters. The van der Waals surface area contributed by atoms with Gasteiger partial charge in [-0.15, -0.1) is 0 Å². The van der Waals surface area contributed by atoms with E-state index in [-0.39, 0.29) is 11.7 Å². The number of nitrogens with zero attached hydrogens (tertiary/aromatic N) is 1. The second-order valence-corrected chi connectivity index (χ2v) is 7.89. The number of hydrogen-bond donors (Lipinski definition) is 1. The molecule has 5 heteroatoms. The number of H-pyrrole nitrogens is 1. The van der Waals surface area contributed by atoms with Crippen LogP contribution >= 0.6 is 0 Å². The fourth-order valence-electron chi connectivity index (χ4n) is 5.51. The van der Waals surface area contributed by atoms with Gasteiger partial charge in [0.15, 0.2) is 5.72 Å². The molecule has 2 unspecified atom stereocenters. The summed E-state index contributed by atoms with van der Waals surface area (Å²) in [5, 5.41) is 1.00. The van der Waals surface area contributed by atoms with Crippen LogP contribution in [0.2, 0.25) is 0 Å². The predicted octanol–water partition coefficient (Wildman–Crippen LogP) is 3.79. The van der Waals surface area contributed by atoms with Gasteiger partial charge in [-0.1, -0.05) is 0 Å². The number of nitrogens with one attached hydrogen (secondary N) is 1. The molecule has 3 aliphatic heterocycles. The smallest absolute Gasteiger partial charge is 0.340 e. The molecule has 0 aliphatic carbocycles. The number of piperidine rings is 1. The van der Waals surface area contributed by atoms with Gasteiger partial charge in [0.05, 0.1) is 12.2 Å². The Morgan fingerprint density at radius 3 is 3.08 bits per heavy atom. The zero-order chi connectivity index (χ0) is 17.9. The van der Waals surface area contributed by atoms with Gasteiger partial charge in [-0.2, -0.15) is 0 Å². The van der Waals surface area contributed by atoms with Crippen LogP contribution in [0.5, 0.6) is 5.75 Å². The van der Waals surface area contributed by atoms with Gasteiger partial charge in [-0.25, -0.2) is 4.79 Å². The Kier molecular flexibility index (Phi) is 3.58. The van der Waals surface area contributed by atoms with E-state index in [0.29, 0.717) is 18.1 Å². The molecule has 4 heterocycles. The van der Waals surface area contributed by atoms with E-state index in [4.69, 9.17) is 9.47 Å². The number of aromatic nitrogens is 1. The van der Waals surface area contributed by atoms with Crippen LogP contribution in [0.15, 0.2) is 12.1 Å². The summed E-state index contributed by atoms with van der Waals surface area (Å²) in [6, 6.07) is 4.13. The van der Waals surface area contributed by atoms with Crippen molar-refractivity contribution in [3.63, 3.8) is 0 Å². The number of fused-ring (bicyclic) bond motifs is 3. The quantitative estimate of drug-likeness (QED) is 0.834. The lowest BCUT2D eigenvalue weighted by molar-refractivity contribution is -0.134. The molecule has 1 aromatic heterocycles. The lowest BCUT2D eigenvalue weighted by Gasteiger charge is -2.50. The van der Waals surface area contributed by atoms with Crippen LogP contribution in [-0.2, 0) is 11.2 Å². The SMILES string of the molecule is CCOC(=O)c1c(C)[nH]c2ccc3c(c12)CC1CCCN2CCCC12O3. The van der Waals surface area contributed by atoms with Gasteiger partial charge in [0, 0.05) is 47.6 Å². The Morgan fingerprint density at radius 1 is 1.38 bits per heavy atom. The highest BCUT2D eigenvalue weighted by Gasteiger charge is 2.53. The van der Waals surface area contributed by atoms with E-state index in [9.17, 15) is 4.79 Å². The molecule has 0 amide bonds. The number of benzene rings is 1. The second kappa shape index (κ2) is 5.74. The molecule has 2 aromatic rings. The maximum atomic E-state index is 12.6. The maximum Gasteiger partial charge on any atom is 0.340 e. The number of aromatic amines is 1. The normalized spacial score (nSPS) is 27.5. The summed E-state index contributed by atoms with van der Waals surface area (Å²) in [4.78, 5) is 18.5. The van der Waals surface area contributed by atoms with Crippen molar-refractivity contribution in [1.29, 1.82) is 0 Å². The number of ether oxygens (including phenoxy) is 2. The fraction of sp³-hybridized carbons (Fsp3) is 0.571. The van der Waals surface area contributed by atoms with Crippen LogP contribution < -0.4 is 4.74 Å². The molecule has 138 valence electrons. The molecule has 0 radical (unpaired) electrons. The fourth-order valence-corrected chi connectivity index (χ4v) is 5.51. The molecule has 0 saturated carbocycles. The lowest BCUT2D eigenvalue weighted by atomic mass is 9.78. The lowest BCUT2D eigenvalue weighted by Crippen LogP contribution is -2.59. The number of aryl methyl sites for hydroxylation is 1. The van der Waals surface area contributed by atoms with Gasteiger partial charge >= 0.3 is 5.97 Å². The second-order valence-electron chi connectivity index (χ2n) is 7.89. The third-order valence-corrected chi connectivity index (χ3v) is 6.55. The van der Waals surface area contributed by atoms with Crippen molar-refractivity contribution in [1.82, 2.24) is 9.88 Å². The van der Waals surface area contributed by atoms with Crippen LogP contribution in [0.1, 0.15) is 54.2 Å². The summed E-state index contributed by atoms with van der Waals surface area (Å²) >= 11 is 0. The van der Waals surface area contributed by atoms with E-state index in [0.717, 1.165) is 48.3 Å². The minimum atomic E-state index is -0.240. The van der Waals surface area contributed by atoms with E-state index >= 15 is 0 Å². The number of carbonyl (C=O) groups excluding carboxylic acids is 1. The van der Waals surface area contributed by atoms with Crippen molar-refractivity contribution in [3.8, 4) is 5.75 Å². The third kappa shape index (κ3) is 2.10. The molecule has 5 nitrogen and oxygen atoms in total. The first kappa shape index (κ1) is 16.2. The summed E-state index contributed by atoms with van der Waals surface area (Å²) < 4.78 is 12.1. The van der Waals surface area contributed by atoms with Crippen LogP contribution in [0.25, 0.3) is 10.9 Å². The maximum absolute atomic E-state index is 12.6. The Hall–Kier alpha value is -2.01. The van der Waals surface area contributed by atoms with Gasteiger partial charge in [-0.05, 0) is 51.7 Å². The van der Waals surface area contributed by atoms with Gasteiger partial charge < -0.3 is 14.5 Å². The molecule has 1 spiro atoms. The molecule has 2 fully saturated rings. The van der Waals surface area contributed by atoms with Crippen molar-refractivity contribution in [2.24, 2.45) is 5.92 Å². The minimum Gasteiger partial charge on any atom is -0.472 e. The summed E-state index contributed by atoms with van der Waals surface area (Å²) in [6.45, 7) is 6.47. The molecular formula is C21H26N2O3. The molecule has 1 N–H and O–H groups in total. The standard InChI is InChI=1S/C21H26N2O3/c1-3-25-20(24)18-13(2)22-16-7-8-17-15(19(16)18)12-14-6-4-10-23-11-5-9-21(14,23)26-17/h7-8,14,22H,3-6,9-12H2,1-2H3. The topological polar surface area (TPSA) is 54.6 Å². The molecule has 0 bridgehead atoms. The van der Waals surface area contributed by atoms with Crippen molar-refractivity contribution < 1.29 is 14.3 Å². The first-order chi connectivity index (χ1) is 12.6. The molecule has 1 aromatic carbocycles. The predicted molar refractivity (Wildman–Crippen MR) is 99.6 cm³/mol. The summed E-state index contributed by atoms with van der Waals surface area (Å²) in [7, 11) is 0. The van der Waals surface area contributed by atoms with Crippen molar-refractivity contribution >= 4 is 16.9 Å². The Labute approximate surface area is 153 Å². The molecule has 26 heavy (non-hydrogen) atoms. The van der Waals surface area contributed by atoms with E-state index in [2.05, 4.69) is 16.0 Å². The average Bonchev–Trinajstić information content (AvgIpc) is 3.19. The Morgan fingerprint density at radius 2 is 2.23 bits per heavy atom. The largest absolute Gasteiger partial charge is 0.472 e. The van der Waals surface area contributed by atoms with Gasteiger partial charge in [0.2, 0.25) is 0 Å². The van der Waals surface area contributed by atoms with Crippen LogP contribution in [-0.4, -0.2) is 41.3 Å². The monoisotopic (exact) mass is 354 g/mol. The molecule has 2 saturated heterocycles. The van der Waals surface area contributed by atoms with Crippen molar-refractivity contribution in [3.05, 3.63) is 29.0 Å². The zero-order valence-corrected chi connectivity index (χ0v) is 15.6. The van der Waals surface area contributed by atoms with Crippen molar-refractivity contribution in [2.75, 3.05) is 19.7 Å².